The van der Waals surface area contributed by atoms with E-state index in [1.807, 2.05) is 19.1 Å². The maximum absolute atomic E-state index is 6.19. The number of nitrogens with one attached hydrogen (secondary N) is 1. The van der Waals surface area contributed by atoms with Crippen LogP contribution in [0.2, 0.25) is 5.02 Å². The van der Waals surface area contributed by atoms with Crippen molar-refractivity contribution in [3.05, 3.63) is 28.8 Å². The Morgan fingerprint density at radius 3 is 2.74 bits per heavy atom. The van der Waals surface area contributed by atoms with Gasteiger partial charge in [0.2, 0.25) is 0 Å². The van der Waals surface area contributed by atoms with E-state index >= 15 is 0 Å². The number of likely N-dealkylation sites (tertiary alicyclic amines) is 1. The van der Waals surface area contributed by atoms with Crippen molar-refractivity contribution in [3.63, 3.8) is 0 Å². The molecule has 0 aliphatic carbocycles. The third-order valence-electron chi connectivity index (χ3n) is 4.09. The van der Waals surface area contributed by atoms with Crippen LogP contribution in [-0.4, -0.2) is 36.1 Å². The van der Waals surface area contributed by atoms with Gasteiger partial charge >= 0.3 is 0 Å². The Kier molecular flexibility index (Phi) is 4.39. The Bertz CT molecular complexity index is 447. The van der Waals surface area contributed by atoms with Crippen molar-refractivity contribution < 1.29 is 0 Å². The summed E-state index contributed by atoms with van der Waals surface area (Å²) in [4.78, 5) is 2.47. The molecule has 0 bridgehead atoms. The van der Waals surface area contributed by atoms with Gasteiger partial charge in [0.1, 0.15) is 0 Å². The summed E-state index contributed by atoms with van der Waals surface area (Å²) in [5, 5.41) is 4.41. The summed E-state index contributed by atoms with van der Waals surface area (Å²) < 4.78 is 0. The summed E-state index contributed by atoms with van der Waals surface area (Å²) in [6.45, 7) is 9.21. The molecular weight excluding hydrogens is 258 g/mol. The zero-order chi connectivity index (χ0) is 14.0. The van der Waals surface area contributed by atoms with Crippen LogP contribution in [0.1, 0.15) is 25.8 Å². The molecule has 106 valence electrons. The summed E-state index contributed by atoms with van der Waals surface area (Å²) in [5.41, 5.74) is 8.16. The van der Waals surface area contributed by atoms with Crippen molar-refractivity contribution in [3.8, 4) is 0 Å². The molecule has 1 aliphatic heterocycles. The number of hydrogen-bond acceptors (Lipinski definition) is 3. The Labute approximate surface area is 121 Å². The fourth-order valence-corrected chi connectivity index (χ4v) is 2.82. The SMILES string of the molecule is Cc1ccc(NC2(CN)CCN(C(C)C)C2)cc1Cl. The predicted octanol–water partition coefficient (Wildman–Crippen LogP) is 2.87. The lowest BCUT2D eigenvalue weighted by atomic mass is 9.98. The van der Waals surface area contributed by atoms with E-state index in [2.05, 4.69) is 30.1 Å². The van der Waals surface area contributed by atoms with E-state index in [0.29, 0.717) is 12.6 Å². The van der Waals surface area contributed by atoms with E-state index in [1.54, 1.807) is 0 Å². The molecule has 0 saturated carbocycles. The summed E-state index contributed by atoms with van der Waals surface area (Å²) in [6, 6.07) is 6.68. The highest BCUT2D eigenvalue weighted by molar-refractivity contribution is 6.31. The topological polar surface area (TPSA) is 41.3 Å². The fraction of sp³-hybridized carbons (Fsp3) is 0.600. The molecule has 0 radical (unpaired) electrons. The summed E-state index contributed by atoms with van der Waals surface area (Å²) >= 11 is 6.19. The minimum absolute atomic E-state index is 0.0249. The van der Waals surface area contributed by atoms with Gasteiger partial charge in [-0.25, -0.2) is 0 Å². The molecule has 1 fully saturated rings. The number of nitrogens with two attached hydrogens (primary N) is 1. The van der Waals surface area contributed by atoms with E-state index in [9.17, 15) is 0 Å². The third-order valence-corrected chi connectivity index (χ3v) is 4.49. The minimum Gasteiger partial charge on any atom is -0.377 e. The van der Waals surface area contributed by atoms with Crippen LogP contribution >= 0.6 is 11.6 Å². The first-order valence-corrected chi connectivity index (χ1v) is 7.32. The molecule has 3 N–H and O–H groups in total. The maximum Gasteiger partial charge on any atom is 0.0634 e. The average molecular weight is 282 g/mol. The van der Waals surface area contributed by atoms with Gasteiger partial charge in [0.05, 0.1) is 5.54 Å². The molecule has 4 heteroatoms. The van der Waals surface area contributed by atoms with Gasteiger partial charge in [-0.2, -0.15) is 0 Å². The Balaban J connectivity index is 2.13. The van der Waals surface area contributed by atoms with Gasteiger partial charge in [0.25, 0.3) is 0 Å². The van der Waals surface area contributed by atoms with Crippen LogP contribution in [0.3, 0.4) is 0 Å². The zero-order valence-corrected chi connectivity index (χ0v) is 12.8. The largest absolute Gasteiger partial charge is 0.377 e. The number of nitrogens with zero attached hydrogens (tertiary/aromatic N) is 1. The van der Waals surface area contributed by atoms with Gasteiger partial charge in [-0.05, 0) is 44.9 Å². The number of rotatable bonds is 4. The first-order chi connectivity index (χ1) is 8.96. The first-order valence-electron chi connectivity index (χ1n) is 6.94. The highest BCUT2D eigenvalue weighted by Gasteiger charge is 2.37. The van der Waals surface area contributed by atoms with E-state index in [-0.39, 0.29) is 5.54 Å². The van der Waals surface area contributed by atoms with Gasteiger partial charge < -0.3 is 11.1 Å². The second-order valence-electron chi connectivity index (χ2n) is 5.89. The van der Waals surface area contributed by atoms with Crippen LogP contribution in [-0.2, 0) is 0 Å². The summed E-state index contributed by atoms with van der Waals surface area (Å²) in [6.07, 6.45) is 1.08. The molecule has 1 aromatic carbocycles. The van der Waals surface area contributed by atoms with Crippen LogP contribution in [0, 0.1) is 6.92 Å². The first kappa shape index (κ1) is 14.6. The Morgan fingerprint density at radius 1 is 1.47 bits per heavy atom. The number of benzene rings is 1. The predicted molar refractivity (Wildman–Crippen MR) is 82.9 cm³/mol. The van der Waals surface area contributed by atoms with Crippen LogP contribution < -0.4 is 11.1 Å². The molecule has 1 saturated heterocycles. The molecule has 1 unspecified atom stereocenters. The lowest BCUT2D eigenvalue weighted by Gasteiger charge is -2.31. The average Bonchev–Trinajstić information content (AvgIpc) is 2.79. The molecule has 2 rings (SSSR count). The molecular formula is C15H24ClN3. The van der Waals surface area contributed by atoms with Gasteiger partial charge in [-0.15, -0.1) is 0 Å². The van der Waals surface area contributed by atoms with E-state index in [1.165, 1.54) is 0 Å². The maximum atomic E-state index is 6.19. The van der Waals surface area contributed by atoms with Crippen LogP contribution in [0.25, 0.3) is 0 Å². The summed E-state index contributed by atoms with van der Waals surface area (Å²) in [7, 11) is 0. The van der Waals surface area contributed by atoms with Crippen molar-refractivity contribution in [2.45, 2.75) is 38.8 Å². The molecule has 0 aromatic heterocycles. The molecule has 1 aliphatic rings. The normalized spacial score (nSPS) is 24.1. The quantitative estimate of drug-likeness (QED) is 0.892. The lowest BCUT2D eigenvalue weighted by Crippen LogP contribution is -2.48. The molecule has 0 spiro atoms. The number of halogens is 1. The molecule has 0 amide bonds. The summed E-state index contributed by atoms with van der Waals surface area (Å²) in [5.74, 6) is 0. The van der Waals surface area contributed by atoms with E-state index in [0.717, 1.165) is 35.8 Å². The Morgan fingerprint density at radius 2 is 2.21 bits per heavy atom. The van der Waals surface area contributed by atoms with Gasteiger partial charge in [0, 0.05) is 36.4 Å². The van der Waals surface area contributed by atoms with Gasteiger partial charge in [0.15, 0.2) is 0 Å². The van der Waals surface area contributed by atoms with E-state index in [4.69, 9.17) is 17.3 Å². The second-order valence-corrected chi connectivity index (χ2v) is 6.29. The van der Waals surface area contributed by atoms with Crippen LogP contribution in [0.5, 0.6) is 0 Å². The second kappa shape index (κ2) is 5.70. The van der Waals surface area contributed by atoms with Crippen molar-refractivity contribution in [1.82, 2.24) is 4.90 Å². The van der Waals surface area contributed by atoms with Crippen LogP contribution in [0.4, 0.5) is 5.69 Å². The standard InChI is InChI=1S/C15H24ClN3/c1-11(2)19-7-6-15(9-17,10-19)18-13-5-4-12(3)14(16)8-13/h4-5,8,11,18H,6-7,9-10,17H2,1-3H3. The highest BCUT2D eigenvalue weighted by atomic mass is 35.5. The lowest BCUT2D eigenvalue weighted by molar-refractivity contribution is 0.262. The number of anilines is 1. The zero-order valence-electron chi connectivity index (χ0n) is 12.0. The van der Waals surface area contributed by atoms with Crippen molar-refractivity contribution >= 4 is 17.3 Å². The molecule has 19 heavy (non-hydrogen) atoms. The molecule has 1 aromatic rings. The van der Waals surface area contributed by atoms with Crippen molar-refractivity contribution in [2.75, 3.05) is 25.0 Å². The minimum atomic E-state index is -0.0249. The smallest absolute Gasteiger partial charge is 0.0634 e. The third kappa shape index (κ3) is 3.22. The number of hydrogen-bond donors (Lipinski definition) is 2. The molecule has 1 heterocycles. The fourth-order valence-electron chi connectivity index (χ4n) is 2.64. The number of aryl methyl sites for hydroxylation is 1. The van der Waals surface area contributed by atoms with Crippen molar-refractivity contribution in [2.24, 2.45) is 5.73 Å². The van der Waals surface area contributed by atoms with E-state index < -0.39 is 0 Å². The van der Waals surface area contributed by atoms with Crippen LogP contribution in [0.15, 0.2) is 18.2 Å². The Hall–Kier alpha value is -0.770. The van der Waals surface area contributed by atoms with Gasteiger partial charge in [-0.3, -0.25) is 4.90 Å². The monoisotopic (exact) mass is 281 g/mol. The van der Waals surface area contributed by atoms with Crippen molar-refractivity contribution in [1.29, 1.82) is 0 Å². The van der Waals surface area contributed by atoms with Gasteiger partial charge in [-0.1, -0.05) is 17.7 Å². The molecule has 1 atom stereocenters. The highest BCUT2D eigenvalue weighted by Crippen LogP contribution is 2.28. The molecule has 3 nitrogen and oxygen atoms in total.